The van der Waals surface area contributed by atoms with E-state index in [2.05, 4.69) is 4.98 Å². The minimum absolute atomic E-state index is 0.147. The molecule has 0 spiro atoms. The molecule has 0 amide bonds. The maximum atomic E-state index is 11.6. The van der Waals surface area contributed by atoms with Crippen LogP contribution >= 0.6 is 0 Å². The van der Waals surface area contributed by atoms with E-state index >= 15 is 0 Å². The molecule has 1 aromatic heterocycles. The van der Waals surface area contributed by atoms with E-state index in [0.717, 1.165) is 0 Å². The van der Waals surface area contributed by atoms with Crippen LogP contribution in [0.4, 0.5) is 5.82 Å². The largest absolute Gasteiger partial charge is 0.390 e. The van der Waals surface area contributed by atoms with Crippen LogP contribution in [0.5, 0.6) is 0 Å². The molecule has 0 fully saturated rings. The third kappa shape index (κ3) is 2.07. The molecule has 1 aromatic rings. The van der Waals surface area contributed by atoms with Gasteiger partial charge in [0.05, 0.1) is 0 Å². The van der Waals surface area contributed by atoms with E-state index in [0.29, 0.717) is 0 Å². The molecule has 2 heterocycles. The van der Waals surface area contributed by atoms with Gasteiger partial charge in [-0.25, -0.2) is 4.79 Å². The van der Waals surface area contributed by atoms with Crippen molar-refractivity contribution < 1.29 is 14.6 Å². The van der Waals surface area contributed by atoms with E-state index in [1.165, 1.54) is 23.9 Å². The van der Waals surface area contributed by atoms with Gasteiger partial charge in [0.1, 0.15) is 12.4 Å². The molecule has 7 nitrogen and oxygen atoms in total. The van der Waals surface area contributed by atoms with Crippen molar-refractivity contribution in [1.82, 2.24) is 9.55 Å². The van der Waals surface area contributed by atoms with E-state index in [9.17, 15) is 9.90 Å². The van der Waals surface area contributed by atoms with Gasteiger partial charge in [-0.05, 0) is 18.2 Å². The molecule has 1 aliphatic heterocycles. The van der Waals surface area contributed by atoms with Gasteiger partial charge in [-0.3, -0.25) is 4.57 Å². The van der Waals surface area contributed by atoms with Gasteiger partial charge in [0.25, 0.3) is 0 Å². The molecule has 0 saturated carbocycles. The highest BCUT2D eigenvalue weighted by Crippen LogP contribution is 2.28. The lowest BCUT2D eigenvalue weighted by Crippen LogP contribution is -2.37. The SMILES string of the molecule is CO[C@]1(CO)C=C[C@H](n2ccc(N)nc2=O)O1. The van der Waals surface area contributed by atoms with Crippen molar-refractivity contribution in [3.8, 4) is 0 Å². The number of nitrogens with zero attached hydrogens (tertiary/aromatic N) is 2. The number of anilines is 1. The van der Waals surface area contributed by atoms with Crippen LogP contribution in [0.3, 0.4) is 0 Å². The molecule has 0 saturated heterocycles. The predicted octanol–water partition coefficient (Wildman–Crippen LogP) is -0.755. The normalized spacial score (nSPS) is 27.5. The summed E-state index contributed by atoms with van der Waals surface area (Å²) in [6.45, 7) is -0.340. The average Bonchev–Trinajstić information content (AvgIpc) is 2.74. The van der Waals surface area contributed by atoms with Crippen LogP contribution in [0.15, 0.2) is 29.2 Å². The zero-order chi connectivity index (χ0) is 12.5. The molecule has 2 atom stereocenters. The Balaban J connectivity index is 2.27. The van der Waals surface area contributed by atoms with Crippen LogP contribution in [0.2, 0.25) is 0 Å². The Kier molecular flexibility index (Phi) is 2.97. The number of ether oxygens (including phenoxy) is 2. The maximum Gasteiger partial charge on any atom is 0.351 e. The summed E-state index contributed by atoms with van der Waals surface area (Å²) in [5.41, 5.74) is 4.86. The molecule has 0 bridgehead atoms. The van der Waals surface area contributed by atoms with Crippen molar-refractivity contribution in [2.24, 2.45) is 0 Å². The van der Waals surface area contributed by atoms with Gasteiger partial charge >= 0.3 is 5.69 Å². The molecule has 2 rings (SSSR count). The highest BCUT2D eigenvalue weighted by molar-refractivity contribution is 5.24. The Morgan fingerprint density at radius 2 is 2.53 bits per heavy atom. The summed E-state index contributed by atoms with van der Waals surface area (Å²) >= 11 is 0. The predicted molar refractivity (Wildman–Crippen MR) is 59.0 cm³/mol. The monoisotopic (exact) mass is 239 g/mol. The van der Waals surface area contributed by atoms with Gasteiger partial charge in [-0.1, -0.05) is 0 Å². The quantitative estimate of drug-likeness (QED) is 0.673. The summed E-state index contributed by atoms with van der Waals surface area (Å²) in [6, 6.07) is 1.49. The lowest BCUT2D eigenvalue weighted by molar-refractivity contribution is -0.225. The molecule has 7 heteroatoms. The van der Waals surface area contributed by atoms with Crippen LogP contribution < -0.4 is 11.4 Å². The van der Waals surface area contributed by atoms with Crippen LogP contribution in [-0.4, -0.2) is 34.2 Å². The molecule has 0 aliphatic carbocycles. The maximum absolute atomic E-state index is 11.6. The number of rotatable bonds is 3. The van der Waals surface area contributed by atoms with Crippen molar-refractivity contribution >= 4 is 5.82 Å². The smallest absolute Gasteiger partial charge is 0.351 e. The molecule has 0 radical (unpaired) electrons. The second kappa shape index (κ2) is 4.28. The van der Waals surface area contributed by atoms with E-state index < -0.39 is 17.7 Å². The first kappa shape index (κ1) is 11.8. The second-order valence-electron chi connectivity index (χ2n) is 3.58. The first-order valence-electron chi connectivity index (χ1n) is 4.98. The first-order chi connectivity index (χ1) is 8.10. The molecular weight excluding hydrogens is 226 g/mol. The summed E-state index contributed by atoms with van der Waals surface area (Å²) in [7, 11) is 1.41. The van der Waals surface area contributed by atoms with Crippen molar-refractivity contribution in [1.29, 1.82) is 0 Å². The molecule has 1 aliphatic rings. The fraction of sp³-hybridized carbons (Fsp3) is 0.400. The lowest BCUT2D eigenvalue weighted by Gasteiger charge is -2.25. The number of hydrogen-bond acceptors (Lipinski definition) is 6. The van der Waals surface area contributed by atoms with Gasteiger partial charge in [0, 0.05) is 13.3 Å². The Hall–Kier alpha value is -1.70. The zero-order valence-corrected chi connectivity index (χ0v) is 9.24. The van der Waals surface area contributed by atoms with Crippen LogP contribution in [0, 0.1) is 0 Å². The van der Waals surface area contributed by atoms with Crippen molar-refractivity contribution in [2.45, 2.75) is 12.0 Å². The number of nitrogens with two attached hydrogens (primary N) is 1. The molecule has 0 aromatic carbocycles. The van der Waals surface area contributed by atoms with Gasteiger partial charge < -0.3 is 20.3 Å². The fourth-order valence-electron chi connectivity index (χ4n) is 1.55. The molecular formula is C10H13N3O4. The topological polar surface area (TPSA) is 99.6 Å². The summed E-state index contributed by atoms with van der Waals surface area (Å²) in [5.74, 6) is -1.06. The third-order valence-electron chi connectivity index (χ3n) is 2.53. The summed E-state index contributed by atoms with van der Waals surface area (Å²) < 4.78 is 11.7. The van der Waals surface area contributed by atoms with Gasteiger partial charge in [0.2, 0.25) is 5.79 Å². The van der Waals surface area contributed by atoms with Gasteiger partial charge in [-0.2, -0.15) is 4.98 Å². The minimum Gasteiger partial charge on any atom is -0.390 e. The van der Waals surface area contributed by atoms with E-state index in [1.54, 1.807) is 12.2 Å². The number of aliphatic hydroxyl groups excluding tert-OH is 1. The molecule has 0 unspecified atom stereocenters. The van der Waals surface area contributed by atoms with Crippen LogP contribution in [0.1, 0.15) is 6.23 Å². The molecule has 92 valence electrons. The van der Waals surface area contributed by atoms with E-state index in [4.69, 9.17) is 15.2 Å². The highest BCUT2D eigenvalue weighted by atomic mass is 16.7. The Bertz CT molecular complexity index is 493. The standard InChI is InChI=1S/C10H13N3O4/c1-16-10(6-14)4-2-8(17-10)13-5-3-7(11)12-9(13)15/h2-5,8,14H,6H2,1H3,(H2,11,12,15)/t8-,10-/m1/s1. The van der Waals surface area contributed by atoms with E-state index in [-0.39, 0.29) is 12.4 Å². The van der Waals surface area contributed by atoms with Gasteiger partial charge in [-0.15, -0.1) is 0 Å². The van der Waals surface area contributed by atoms with Crippen LogP contribution in [0.25, 0.3) is 0 Å². The highest BCUT2D eigenvalue weighted by Gasteiger charge is 2.36. The first-order valence-corrected chi connectivity index (χ1v) is 4.98. The summed E-state index contributed by atoms with van der Waals surface area (Å²) in [4.78, 5) is 15.2. The Morgan fingerprint density at radius 1 is 1.76 bits per heavy atom. The fourth-order valence-corrected chi connectivity index (χ4v) is 1.55. The van der Waals surface area contributed by atoms with Gasteiger partial charge in [0.15, 0.2) is 6.23 Å². The number of nitrogen functional groups attached to an aromatic ring is 1. The summed E-state index contributed by atoms with van der Waals surface area (Å²) in [6.07, 6.45) is 3.98. The zero-order valence-electron chi connectivity index (χ0n) is 9.24. The lowest BCUT2D eigenvalue weighted by atomic mass is 10.3. The number of methoxy groups -OCH3 is 1. The molecule has 3 N–H and O–H groups in total. The van der Waals surface area contributed by atoms with Crippen molar-refractivity contribution in [3.63, 3.8) is 0 Å². The second-order valence-corrected chi connectivity index (χ2v) is 3.58. The number of aliphatic hydroxyl groups is 1. The van der Waals surface area contributed by atoms with E-state index in [1.807, 2.05) is 0 Å². The summed E-state index contributed by atoms with van der Waals surface area (Å²) in [5, 5.41) is 9.17. The van der Waals surface area contributed by atoms with Crippen LogP contribution in [-0.2, 0) is 9.47 Å². The Morgan fingerprint density at radius 3 is 3.06 bits per heavy atom. The third-order valence-corrected chi connectivity index (χ3v) is 2.53. The average molecular weight is 239 g/mol. The van der Waals surface area contributed by atoms with Crippen molar-refractivity contribution in [2.75, 3.05) is 19.5 Å². The number of hydrogen-bond donors (Lipinski definition) is 2. The Labute approximate surface area is 97.1 Å². The number of aromatic nitrogens is 2. The molecule has 17 heavy (non-hydrogen) atoms. The minimum atomic E-state index is -1.20. The van der Waals surface area contributed by atoms with Crippen molar-refractivity contribution in [3.05, 3.63) is 34.9 Å².